The van der Waals surface area contributed by atoms with Crippen molar-refractivity contribution in [2.75, 3.05) is 33.4 Å². The Hall–Kier alpha value is -1.29. The van der Waals surface area contributed by atoms with E-state index in [1.54, 1.807) is 7.11 Å². The van der Waals surface area contributed by atoms with Gasteiger partial charge in [-0.05, 0) is 17.7 Å². The van der Waals surface area contributed by atoms with E-state index in [4.69, 9.17) is 4.74 Å². The Morgan fingerprint density at radius 3 is 2.33 bits per heavy atom. The molecule has 0 atom stereocenters. The molecule has 1 aromatic rings. The highest BCUT2D eigenvalue weighted by molar-refractivity contribution is 7.90. The SMILES string of the molecule is COCCNCCNC(=O)c1ccc(CS(=O)(=O)C(F)F)cc1.Cl. The number of methoxy groups -OCH3 is 1. The van der Waals surface area contributed by atoms with Crippen LogP contribution in [0.15, 0.2) is 24.3 Å². The molecule has 0 saturated carbocycles. The third-order valence-corrected chi connectivity index (χ3v) is 4.20. The van der Waals surface area contributed by atoms with Crippen LogP contribution in [-0.2, 0) is 20.3 Å². The largest absolute Gasteiger partial charge is 0.383 e. The van der Waals surface area contributed by atoms with E-state index >= 15 is 0 Å². The summed E-state index contributed by atoms with van der Waals surface area (Å²) < 4.78 is 51.7. The maximum absolute atomic E-state index is 12.3. The molecule has 0 radical (unpaired) electrons. The summed E-state index contributed by atoms with van der Waals surface area (Å²) in [5.41, 5.74) is 0.545. The van der Waals surface area contributed by atoms with Crippen LogP contribution in [0.5, 0.6) is 0 Å². The molecule has 138 valence electrons. The molecular weight excluding hydrogens is 366 g/mol. The summed E-state index contributed by atoms with van der Waals surface area (Å²) in [6.45, 7) is 2.26. The highest BCUT2D eigenvalue weighted by Crippen LogP contribution is 2.14. The lowest BCUT2D eigenvalue weighted by atomic mass is 10.1. The lowest BCUT2D eigenvalue weighted by Crippen LogP contribution is -2.33. The Labute approximate surface area is 146 Å². The second-order valence-electron chi connectivity index (χ2n) is 4.76. The van der Waals surface area contributed by atoms with Crippen molar-refractivity contribution in [2.45, 2.75) is 11.5 Å². The van der Waals surface area contributed by atoms with E-state index in [0.717, 1.165) is 0 Å². The number of benzene rings is 1. The fraction of sp³-hybridized carbons (Fsp3) is 0.500. The summed E-state index contributed by atoms with van der Waals surface area (Å²) in [6, 6.07) is 5.52. The molecule has 0 aliphatic heterocycles. The molecular formula is C14H21ClF2N2O4S. The quantitative estimate of drug-likeness (QED) is 0.590. The first kappa shape index (κ1) is 22.7. The van der Waals surface area contributed by atoms with Crippen molar-refractivity contribution < 1.29 is 26.7 Å². The molecule has 0 spiro atoms. The van der Waals surface area contributed by atoms with Crippen LogP contribution in [0.4, 0.5) is 8.78 Å². The minimum atomic E-state index is -4.46. The Morgan fingerprint density at radius 2 is 1.79 bits per heavy atom. The smallest absolute Gasteiger partial charge is 0.337 e. The summed E-state index contributed by atoms with van der Waals surface area (Å²) in [5, 5.41) is 5.74. The van der Waals surface area contributed by atoms with Crippen LogP contribution in [-0.4, -0.2) is 53.4 Å². The fourth-order valence-corrected chi connectivity index (χ4v) is 2.50. The van der Waals surface area contributed by atoms with Crippen molar-refractivity contribution in [3.63, 3.8) is 0 Å². The molecule has 0 aromatic heterocycles. The zero-order valence-electron chi connectivity index (χ0n) is 13.1. The fourth-order valence-electron chi connectivity index (χ4n) is 1.71. The standard InChI is InChI=1S/C14H20F2N2O4S.ClH/c1-22-9-8-17-6-7-18-13(19)12-4-2-11(3-5-12)10-23(20,21)14(15)16;/h2-5,14,17H,6-10H2,1H3,(H,18,19);1H. The van der Waals surface area contributed by atoms with Crippen molar-refractivity contribution in [2.24, 2.45) is 0 Å². The van der Waals surface area contributed by atoms with Crippen LogP contribution in [0.25, 0.3) is 0 Å². The van der Waals surface area contributed by atoms with Crippen molar-refractivity contribution in [1.29, 1.82) is 0 Å². The van der Waals surface area contributed by atoms with Crippen molar-refractivity contribution >= 4 is 28.2 Å². The van der Waals surface area contributed by atoms with E-state index in [1.165, 1.54) is 24.3 Å². The van der Waals surface area contributed by atoms with E-state index < -0.39 is 21.3 Å². The summed E-state index contributed by atoms with van der Waals surface area (Å²) in [4.78, 5) is 11.8. The van der Waals surface area contributed by atoms with Crippen LogP contribution in [0.3, 0.4) is 0 Å². The molecule has 0 aliphatic rings. The van der Waals surface area contributed by atoms with Gasteiger partial charge in [-0.3, -0.25) is 4.79 Å². The van der Waals surface area contributed by atoms with E-state index in [9.17, 15) is 22.0 Å². The van der Waals surface area contributed by atoms with Gasteiger partial charge in [-0.1, -0.05) is 12.1 Å². The Bertz CT molecular complexity index is 597. The second kappa shape index (κ2) is 11.3. The highest BCUT2D eigenvalue weighted by Gasteiger charge is 2.24. The van der Waals surface area contributed by atoms with Gasteiger partial charge >= 0.3 is 5.76 Å². The molecule has 2 N–H and O–H groups in total. The van der Waals surface area contributed by atoms with Gasteiger partial charge in [0.05, 0.1) is 12.4 Å². The lowest BCUT2D eigenvalue weighted by Gasteiger charge is -2.07. The molecule has 0 unspecified atom stereocenters. The molecule has 1 rings (SSSR count). The Balaban J connectivity index is 0.00000529. The molecule has 0 saturated heterocycles. The predicted molar refractivity (Wildman–Crippen MR) is 89.4 cm³/mol. The number of hydrogen-bond acceptors (Lipinski definition) is 5. The lowest BCUT2D eigenvalue weighted by molar-refractivity contribution is 0.0953. The minimum Gasteiger partial charge on any atom is -0.383 e. The van der Waals surface area contributed by atoms with Gasteiger partial charge < -0.3 is 15.4 Å². The Morgan fingerprint density at radius 1 is 1.17 bits per heavy atom. The zero-order chi connectivity index (χ0) is 17.3. The zero-order valence-corrected chi connectivity index (χ0v) is 14.8. The number of rotatable bonds is 10. The molecule has 10 heteroatoms. The summed E-state index contributed by atoms with van der Waals surface area (Å²) in [6.07, 6.45) is 0. The molecule has 1 aromatic carbocycles. The highest BCUT2D eigenvalue weighted by atomic mass is 35.5. The van der Waals surface area contributed by atoms with Crippen molar-refractivity contribution in [3.8, 4) is 0 Å². The van der Waals surface area contributed by atoms with Gasteiger partial charge in [0.1, 0.15) is 0 Å². The number of ether oxygens (including phenoxy) is 1. The first-order valence-electron chi connectivity index (χ1n) is 6.93. The number of sulfone groups is 1. The molecule has 0 heterocycles. The third kappa shape index (κ3) is 8.00. The normalized spacial score (nSPS) is 11.2. The van der Waals surface area contributed by atoms with Crippen LogP contribution in [0.1, 0.15) is 15.9 Å². The van der Waals surface area contributed by atoms with Gasteiger partial charge in [0.25, 0.3) is 5.91 Å². The van der Waals surface area contributed by atoms with Crippen molar-refractivity contribution in [3.05, 3.63) is 35.4 Å². The number of hydrogen-bond donors (Lipinski definition) is 2. The maximum atomic E-state index is 12.3. The number of nitrogens with one attached hydrogen (secondary N) is 2. The molecule has 0 aliphatic carbocycles. The van der Waals surface area contributed by atoms with E-state index in [1.807, 2.05) is 0 Å². The van der Waals surface area contributed by atoms with Gasteiger partial charge in [-0.15, -0.1) is 12.4 Å². The third-order valence-electron chi connectivity index (χ3n) is 2.93. The second-order valence-corrected chi connectivity index (χ2v) is 6.73. The van der Waals surface area contributed by atoms with Crippen molar-refractivity contribution in [1.82, 2.24) is 10.6 Å². The molecule has 1 amide bonds. The Kier molecular flexibility index (Phi) is 10.7. The molecule has 0 bridgehead atoms. The molecule has 24 heavy (non-hydrogen) atoms. The van der Waals surface area contributed by atoms with E-state index in [0.29, 0.717) is 31.8 Å². The van der Waals surface area contributed by atoms with Crippen LogP contribution in [0.2, 0.25) is 0 Å². The van der Waals surface area contributed by atoms with Gasteiger partial charge in [0.15, 0.2) is 0 Å². The van der Waals surface area contributed by atoms with Crippen LogP contribution >= 0.6 is 12.4 Å². The number of amides is 1. The predicted octanol–water partition coefficient (Wildman–Crippen LogP) is 1.21. The van der Waals surface area contributed by atoms with E-state index in [-0.39, 0.29) is 23.9 Å². The minimum absolute atomic E-state index is 0. The van der Waals surface area contributed by atoms with Gasteiger partial charge in [-0.2, -0.15) is 8.78 Å². The number of halogens is 3. The van der Waals surface area contributed by atoms with Crippen LogP contribution < -0.4 is 10.6 Å². The number of carbonyl (C=O) groups excluding carboxylic acids is 1. The summed E-state index contributed by atoms with van der Waals surface area (Å²) >= 11 is 0. The average Bonchev–Trinajstić information content (AvgIpc) is 2.50. The van der Waals surface area contributed by atoms with Crippen LogP contribution in [0, 0.1) is 0 Å². The summed E-state index contributed by atoms with van der Waals surface area (Å²) in [5.74, 6) is -4.48. The monoisotopic (exact) mass is 386 g/mol. The topological polar surface area (TPSA) is 84.5 Å². The first-order chi connectivity index (χ1) is 10.9. The van der Waals surface area contributed by atoms with Gasteiger partial charge in [-0.25, -0.2) is 8.42 Å². The number of alkyl halides is 2. The molecule has 0 fully saturated rings. The average molecular weight is 387 g/mol. The van der Waals surface area contributed by atoms with E-state index in [2.05, 4.69) is 10.6 Å². The first-order valence-corrected chi connectivity index (χ1v) is 8.65. The molecule has 6 nitrogen and oxygen atoms in total. The van der Waals surface area contributed by atoms with Gasteiger partial charge in [0, 0.05) is 32.3 Å². The summed E-state index contributed by atoms with van der Waals surface area (Å²) in [7, 11) is -2.87. The number of carbonyl (C=O) groups is 1. The van der Waals surface area contributed by atoms with Gasteiger partial charge in [0.2, 0.25) is 9.84 Å². The maximum Gasteiger partial charge on any atom is 0.337 e.